The number of likely N-dealkylation sites (tertiary alicyclic amines) is 1. The molecule has 0 radical (unpaired) electrons. The molecular formula is C21H23N4O2S+. The molecule has 1 aromatic carbocycles. The van der Waals surface area contributed by atoms with E-state index in [0.717, 1.165) is 23.9 Å². The van der Waals surface area contributed by atoms with Gasteiger partial charge in [0.1, 0.15) is 4.88 Å². The summed E-state index contributed by atoms with van der Waals surface area (Å²) in [7, 11) is 0. The van der Waals surface area contributed by atoms with Crippen LogP contribution in [-0.4, -0.2) is 32.8 Å². The number of nitrogens with one attached hydrogen (secondary N) is 1. The SMILES string of the molecule is CC1CC[NH+]([C@@H](c2ccccc2)c2sc3nc(-c4ccco4)nn3c2O)CC1. The maximum Gasteiger partial charge on any atom is 0.235 e. The Morgan fingerprint density at radius 2 is 1.96 bits per heavy atom. The standard InChI is InChI=1S/C21H22N4O2S/c1-14-9-11-24(12-10-14)17(15-6-3-2-4-7-15)18-20(26)25-21(28-18)22-19(23-25)16-8-5-13-27-16/h2-8,13-14,17,26H,9-12H2,1H3/p+1/t17-/m0/s1. The summed E-state index contributed by atoms with van der Waals surface area (Å²) < 4.78 is 6.93. The minimum Gasteiger partial charge on any atom is -0.492 e. The molecule has 3 aromatic heterocycles. The smallest absolute Gasteiger partial charge is 0.235 e. The lowest BCUT2D eigenvalue weighted by atomic mass is 9.95. The molecule has 7 heteroatoms. The van der Waals surface area contributed by atoms with Crippen molar-refractivity contribution in [2.24, 2.45) is 5.92 Å². The van der Waals surface area contributed by atoms with Crippen LogP contribution in [0.1, 0.15) is 36.2 Å². The van der Waals surface area contributed by atoms with Crippen molar-refractivity contribution in [3.05, 3.63) is 59.2 Å². The Balaban J connectivity index is 1.57. The van der Waals surface area contributed by atoms with Crippen LogP contribution in [0.2, 0.25) is 0 Å². The average molecular weight is 396 g/mol. The van der Waals surface area contributed by atoms with Gasteiger partial charge in [-0.05, 0) is 30.9 Å². The van der Waals surface area contributed by atoms with Gasteiger partial charge in [0.15, 0.2) is 11.8 Å². The number of rotatable bonds is 4. The van der Waals surface area contributed by atoms with Crippen molar-refractivity contribution in [2.75, 3.05) is 13.1 Å². The first-order valence-electron chi connectivity index (χ1n) is 9.72. The van der Waals surface area contributed by atoms with Crippen molar-refractivity contribution in [1.82, 2.24) is 14.6 Å². The maximum absolute atomic E-state index is 11.0. The molecule has 0 saturated carbocycles. The van der Waals surface area contributed by atoms with Crippen LogP contribution in [0.15, 0.2) is 53.1 Å². The van der Waals surface area contributed by atoms with Gasteiger partial charge in [0.2, 0.25) is 16.7 Å². The zero-order valence-corrected chi connectivity index (χ0v) is 16.5. The van der Waals surface area contributed by atoms with Crippen molar-refractivity contribution >= 4 is 16.3 Å². The summed E-state index contributed by atoms with van der Waals surface area (Å²) in [5, 5.41) is 15.5. The van der Waals surface area contributed by atoms with E-state index in [2.05, 4.69) is 41.3 Å². The van der Waals surface area contributed by atoms with Crippen LogP contribution in [0.5, 0.6) is 5.88 Å². The Hall–Kier alpha value is -2.64. The molecule has 1 fully saturated rings. The molecule has 5 rings (SSSR count). The van der Waals surface area contributed by atoms with E-state index in [9.17, 15) is 5.11 Å². The van der Waals surface area contributed by atoms with Gasteiger partial charge < -0.3 is 14.4 Å². The summed E-state index contributed by atoms with van der Waals surface area (Å²) in [4.78, 5) is 7.69. The van der Waals surface area contributed by atoms with Gasteiger partial charge in [0.25, 0.3) is 0 Å². The number of fused-ring (bicyclic) bond motifs is 1. The third-order valence-electron chi connectivity index (χ3n) is 5.66. The van der Waals surface area contributed by atoms with E-state index in [1.165, 1.54) is 34.6 Å². The fourth-order valence-electron chi connectivity index (χ4n) is 4.09. The van der Waals surface area contributed by atoms with E-state index in [1.54, 1.807) is 10.8 Å². The molecule has 4 heterocycles. The normalized spacial score (nSPS) is 21.2. The number of aromatic nitrogens is 3. The minimum absolute atomic E-state index is 0.0919. The van der Waals surface area contributed by atoms with Gasteiger partial charge in [-0.1, -0.05) is 48.6 Å². The molecule has 2 N–H and O–H groups in total. The number of benzene rings is 1. The molecule has 28 heavy (non-hydrogen) atoms. The average Bonchev–Trinajstić information content (AvgIpc) is 3.43. The zero-order chi connectivity index (χ0) is 19.1. The Kier molecular flexibility index (Phi) is 4.41. The molecule has 6 nitrogen and oxygen atoms in total. The van der Waals surface area contributed by atoms with Crippen molar-refractivity contribution in [3.8, 4) is 17.5 Å². The van der Waals surface area contributed by atoms with Gasteiger partial charge in [0.05, 0.1) is 19.4 Å². The zero-order valence-electron chi connectivity index (χ0n) is 15.7. The highest BCUT2D eigenvalue weighted by Crippen LogP contribution is 2.36. The molecule has 1 atom stereocenters. The number of hydrogen-bond acceptors (Lipinski definition) is 5. The van der Waals surface area contributed by atoms with Gasteiger partial charge in [-0.2, -0.15) is 9.50 Å². The summed E-state index contributed by atoms with van der Waals surface area (Å²) in [6.45, 7) is 4.53. The van der Waals surface area contributed by atoms with Crippen LogP contribution in [0.4, 0.5) is 0 Å². The third kappa shape index (κ3) is 3.00. The second-order valence-electron chi connectivity index (χ2n) is 7.58. The Morgan fingerprint density at radius 1 is 1.18 bits per heavy atom. The minimum atomic E-state index is 0.0919. The van der Waals surface area contributed by atoms with E-state index in [-0.39, 0.29) is 11.9 Å². The van der Waals surface area contributed by atoms with E-state index < -0.39 is 0 Å². The number of piperidine rings is 1. The molecule has 4 aromatic rings. The lowest BCUT2D eigenvalue weighted by molar-refractivity contribution is -0.931. The molecule has 1 saturated heterocycles. The number of furan rings is 1. The molecule has 1 aliphatic rings. The van der Waals surface area contributed by atoms with E-state index in [0.29, 0.717) is 16.5 Å². The molecule has 0 spiro atoms. The molecule has 0 bridgehead atoms. The van der Waals surface area contributed by atoms with E-state index in [1.807, 2.05) is 18.2 Å². The largest absolute Gasteiger partial charge is 0.492 e. The van der Waals surface area contributed by atoms with Gasteiger partial charge in [-0.15, -0.1) is 5.10 Å². The fourth-order valence-corrected chi connectivity index (χ4v) is 5.23. The monoisotopic (exact) mass is 395 g/mol. The topological polar surface area (TPSA) is 68.0 Å². The van der Waals surface area contributed by atoms with Crippen LogP contribution >= 0.6 is 11.3 Å². The van der Waals surface area contributed by atoms with Gasteiger partial charge in [0, 0.05) is 5.56 Å². The molecule has 0 unspecified atom stereocenters. The molecule has 0 amide bonds. The summed E-state index contributed by atoms with van der Waals surface area (Å²) in [6, 6.07) is 14.2. The first-order valence-corrected chi connectivity index (χ1v) is 10.5. The van der Waals surface area contributed by atoms with Crippen molar-refractivity contribution in [3.63, 3.8) is 0 Å². The van der Waals surface area contributed by atoms with Crippen LogP contribution < -0.4 is 4.90 Å². The Morgan fingerprint density at radius 3 is 2.64 bits per heavy atom. The lowest BCUT2D eigenvalue weighted by Crippen LogP contribution is -3.13. The number of quaternary nitrogens is 1. The predicted octanol–water partition coefficient (Wildman–Crippen LogP) is 3.16. The summed E-state index contributed by atoms with van der Waals surface area (Å²) in [5.41, 5.74) is 1.22. The predicted molar refractivity (Wildman–Crippen MR) is 108 cm³/mol. The van der Waals surface area contributed by atoms with Gasteiger partial charge in [-0.25, -0.2) is 0 Å². The Labute approximate surface area is 167 Å². The van der Waals surface area contributed by atoms with Crippen molar-refractivity contribution in [2.45, 2.75) is 25.8 Å². The van der Waals surface area contributed by atoms with Crippen molar-refractivity contribution < 1.29 is 14.4 Å². The number of nitrogens with zero attached hydrogens (tertiary/aromatic N) is 3. The summed E-state index contributed by atoms with van der Waals surface area (Å²) in [6.07, 6.45) is 4.02. The quantitative estimate of drug-likeness (QED) is 0.557. The van der Waals surface area contributed by atoms with Crippen LogP contribution in [-0.2, 0) is 0 Å². The molecule has 1 aliphatic heterocycles. The number of hydrogen-bond donors (Lipinski definition) is 2. The van der Waals surface area contributed by atoms with E-state index in [4.69, 9.17) is 4.42 Å². The molecular weight excluding hydrogens is 372 g/mol. The second-order valence-corrected chi connectivity index (χ2v) is 8.59. The first kappa shape index (κ1) is 17.5. The number of aromatic hydroxyl groups is 1. The highest BCUT2D eigenvalue weighted by atomic mass is 32.1. The maximum atomic E-state index is 11.0. The van der Waals surface area contributed by atoms with Crippen LogP contribution in [0, 0.1) is 5.92 Å². The Bertz CT molecular complexity index is 1060. The summed E-state index contributed by atoms with van der Waals surface area (Å²) >= 11 is 1.52. The first-order chi connectivity index (χ1) is 13.7. The van der Waals surface area contributed by atoms with Gasteiger partial charge >= 0.3 is 0 Å². The van der Waals surface area contributed by atoms with Gasteiger partial charge in [-0.3, -0.25) is 0 Å². The molecule has 0 aliphatic carbocycles. The van der Waals surface area contributed by atoms with Crippen molar-refractivity contribution in [1.29, 1.82) is 0 Å². The highest BCUT2D eigenvalue weighted by Gasteiger charge is 2.34. The van der Waals surface area contributed by atoms with Crippen LogP contribution in [0.3, 0.4) is 0 Å². The lowest BCUT2D eigenvalue weighted by Gasteiger charge is -2.33. The third-order valence-corrected chi connectivity index (χ3v) is 6.75. The number of thiazole rings is 1. The van der Waals surface area contributed by atoms with E-state index >= 15 is 0 Å². The van der Waals surface area contributed by atoms with Crippen LogP contribution in [0.25, 0.3) is 16.5 Å². The molecule has 144 valence electrons. The summed E-state index contributed by atoms with van der Waals surface area (Å²) in [5.74, 6) is 2.05. The second kappa shape index (κ2) is 7.07. The highest BCUT2D eigenvalue weighted by molar-refractivity contribution is 7.17. The fraction of sp³-hybridized carbons (Fsp3) is 0.333.